The predicted molar refractivity (Wildman–Crippen MR) is 118 cm³/mol. The molecule has 2 heterocycles. The summed E-state index contributed by atoms with van der Waals surface area (Å²) in [6.07, 6.45) is 1.86. The number of nitrogens with one attached hydrogen (secondary N) is 1. The maximum Gasteiger partial charge on any atom is 0.260 e. The highest BCUT2D eigenvalue weighted by Crippen LogP contribution is 2.27. The van der Waals surface area contributed by atoms with E-state index in [-0.39, 0.29) is 25.0 Å². The summed E-state index contributed by atoms with van der Waals surface area (Å²) in [6.45, 7) is 0.963. The maximum atomic E-state index is 13.1. The Bertz CT molecular complexity index is 1080. The molecule has 166 valence electrons. The van der Waals surface area contributed by atoms with Gasteiger partial charge in [-0.3, -0.25) is 14.3 Å². The van der Waals surface area contributed by atoms with Gasteiger partial charge in [0.25, 0.3) is 5.91 Å². The highest BCUT2D eigenvalue weighted by atomic mass is 16.5. The van der Waals surface area contributed by atoms with Crippen molar-refractivity contribution in [1.82, 2.24) is 20.0 Å². The maximum absolute atomic E-state index is 13.1. The highest BCUT2D eigenvalue weighted by Gasteiger charge is 2.35. The Labute approximate surface area is 186 Å². The molecular formula is C24H26N4O4. The normalized spacial score (nSPS) is 15.1. The lowest BCUT2D eigenvalue weighted by Crippen LogP contribution is -2.45. The van der Waals surface area contributed by atoms with Crippen LogP contribution >= 0.6 is 0 Å². The molecule has 1 atom stereocenters. The number of aryl methyl sites for hydroxylation is 1. The van der Waals surface area contributed by atoms with Crippen LogP contribution in [-0.4, -0.2) is 46.8 Å². The molecule has 0 aliphatic carbocycles. The van der Waals surface area contributed by atoms with E-state index in [0.29, 0.717) is 24.5 Å². The molecule has 8 heteroatoms. The van der Waals surface area contributed by atoms with Crippen molar-refractivity contribution in [2.75, 3.05) is 20.3 Å². The van der Waals surface area contributed by atoms with Gasteiger partial charge in [0.05, 0.1) is 18.7 Å². The van der Waals surface area contributed by atoms with Gasteiger partial charge in [-0.1, -0.05) is 30.3 Å². The van der Waals surface area contributed by atoms with Crippen LogP contribution in [0.1, 0.15) is 22.7 Å². The first kappa shape index (κ1) is 21.4. The van der Waals surface area contributed by atoms with Crippen molar-refractivity contribution < 1.29 is 19.1 Å². The van der Waals surface area contributed by atoms with E-state index in [2.05, 4.69) is 10.4 Å². The van der Waals surface area contributed by atoms with Crippen LogP contribution in [0.3, 0.4) is 0 Å². The Morgan fingerprint density at radius 1 is 1.09 bits per heavy atom. The van der Waals surface area contributed by atoms with Gasteiger partial charge in [0, 0.05) is 38.4 Å². The summed E-state index contributed by atoms with van der Waals surface area (Å²) >= 11 is 0. The van der Waals surface area contributed by atoms with Crippen LogP contribution in [0.25, 0.3) is 0 Å². The van der Waals surface area contributed by atoms with Gasteiger partial charge in [-0.05, 0) is 29.8 Å². The van der Waals surface area contributed by atoms with Crippen molar-refractivity contribution >= 4 is 11.8 Å². The zero-order chi connectivity index (χ0) is 22.5. The summed E-state index contributed by atoms with van der Waals surface area (Å²) < 4.78 is 12.5. The van der Waals surface area contributed by atoms with Crippen LogP contribution in [0.15, 0.2) is 60.8 Å². The molecule has 0 fully saturated rings. The topological polar surface area (TPSA) is 85.7 Å². The lowest BCUT2D eigenvalue weighted by molar-refractivity contribution is -0.135. The molecule has 1 aliphatic heterocycles. The summed E-state index contributed by atoms with van der Waals surface area (Å²) in [5.41, 5.74) is 2.55. The Morgan fingerprint density at radius 3 is 2.56 bits per heavy atom. The molecule has 3 aromatic rings. The number of para-hydroxylation sites is 1. The second-order valence-corrected chi connectivity index (χ2v) is 7.71. The molecule has 0 saturated heterocycles. The van der Waals surface area contributed by atoms with E-state index in [4.69, 9.17) is 9.47 Å². The number of aromatic nitrogens is 2. The Kier molecular flexibility index (Phi) is 6.39. The van der Waals surface area contributed by atoms with Gasteiger partial charge in [0.15, 0.2) is 6.61 Å². The zero-order valence-corrected chi connectivity index (χ0v) is 18.2. The number of benzene rings is 2. The molecule has 1 aromatic heterocycles. The number of ether oxygens (including phenoxy) is 2. The van der Waals surface area contributed by atoms with Crippen LogP contribution in [-0.2, 0) is 29.7 Å². The second-order valence-electron chi connectivity index (χ2n) is 7.71. The molecule has 0 radical (unpaired) electrons. The second kappa shape index (κ2) is 9.55. The Balaban J connectivity index is 1.42. The molecule has 0 bridgehead atoms. The van der Waals surface area contributed by atoms with Crippen LogP contribution in [0.2, 0.25) is 0 Å². The first-order chi connectivity index (χ1) is 15.5. The largest absolute Gasteiger partial charge is 0.497 e. The lowest BCUT2D eigenvalue weighted by atomic mass is 9.95. The fraction of sp³-hybridized carbons (Fsp3) is 0.292. The summed E-state index contributed by atoms with van der Waals surface area (Å²) in [6, 6.07) is 16.7. The molecule has 2 aromatic carbocycles. The van der Waals surface area contributed by atoms with Gasteiger partial charge < -0.3 is 19.7 Å². The molecule has 0 saturated carbocycles. The molecule has 2 amide bonds. The third kappa shape index (κ3) is 4.91. The van der Waals surface area contributed by atoms with Crippen LogP contribution in [0.5, 0.6) is 11.5 Å². The zero-order valence-electron chi connectivity index (χ0n) is 18.2. The monoisotopic (exact) mass is 434 g/mol. The Hall–Kier alpha value is -3.81. The molecule has 0 spiro atoms. The first-order valence-electron chi connectivity index (χ1n) is 10.4. The van der Waals surface area contributed by atoms with Crippen molar-refractivity contribution in [2.24, 2.45) is 7.05 Å². The molecule has 4 rings (SSSR count). The van der Waals surface area contributed by atoms with Gasteiger partial charge in [-0.2, -0.15) is 5.10 Å². The Morgan fingerprint density at radius 2 is 1.84 bits per heavy atom. The van der Waals surface area contributed by atoms with E-state index in [0.717, 1.165) is 16.9 Å². The number of hydrogen-bond donors (Lipinski definition) is 1. The van der Waals surface area contributed by atoms with E-state index < -0.39 is 5.92 Å². The molecule has 8 nitrogen and oxygen atoms in total. The third-order valence-electron chi connectivity index (χ3n) is 5.43. The fourth-order valence-corrected chi connectivity index (χ4v) is 3.75. The number of methoxy groups -OCH3 is 1. The van der Waals surface area contributed by atoms with Crippen LogP contribution in [0.4, 0.5) is 0 Å². The quantitative estimate of drug-likeness (QED) is 0.617. The number of rotatable bonds is 7. The molecule has 0 unspecified atom stereocenters. The van der Waals surface area contributed by atoms with Crippen molar-refractivity contribution in [3.8, 4) is 11.5 Å². The minimum Gasteiger partial charge on any atom is -0.497 e. The van der Waals surface area contributed by atoms with Crippen molar-refractivity contribution in [3.05, 3.63) is 77.6 Å². The number of hydrogen-bond acceptors (Lipinski definition) is 5. The van der Waals surface area contributed by atoms with E-state index >= 15 is 0 Å². The van der Waals surface area contributed by atoms with E-state index in [1.165, 1.54) is 0 Å². The molecular weight excluding hydrogens is 408 g/mol. The number of carbonyl (C=O) groups is 2. The van der Waals surface area contributed by atoms with Crippen molar-refractivity contribution in [2.45, 2.75) is 19.0 Å². The highest BCUT2D eigenvalue weighted by molar-refractivity contribution is 5.86. The minimum atomic E-state index is -0.543. The van der Waals surface area contributed by atoms with E-state index in [9.17, 15) is 9.59 Å². The predicted octanol–water partition coefficient (Wildman–Crippen LogP) is 2.25. The smallest absolute Gasteiger partial charge is 0.260 e. The molecule has 32 heavy (non-hydrogen) atoms. The molecule has 1 N–H and O–H groups in total. The van der Waals surface area contributed by atoms with Crippen LogP contribution < -0.4 is 14.8 Å². The van der Waals surface area contributed by atoms with Crippen molar-refractivity contribution in [3.63, 3.8) is 0 Å². The minimum absolute atomic E-state index is 0.0835. The number of carbonyl (C=O) groups excluding carboxylic acids is 2. The summed E-state index contributed by atoms with van der Waals surface area (Å²) in [5.74, 6) is 0.517. The SMILES string of the molecule is COc1ccc(CNC(=O)[C@@H]2CN(C(=O)COc3ccccc3)Cc3cn(C)nc32)cc1. The van der Waals surface area contributed by atoms with Gasteiger partial charge in [0.2, 0.25) is 5.91 Å². The van der Waals surface area contributed by atoms with Gasteiger partial charge in [-0.25, -0.2) is 0 Å². The van der Waals surface area contributed by atoms with Gasteiger partial charge in [0.1, 0.15) is 11.5 Å². The van der Waals surface area contributed by atoms with Gasteiger partial charge >= 0.3 is 0 Å². The molecule has 1 aliphatic rings. The van der Waals surface area contributed by atoms with Gasteiger partial charge in [-0.15, -0.1) is 0 Å². The summed E-state index contributed by atoms with van der Waals surface area (Å²) in [5, 5.41) is 7.46. The average Bonchev–Trinajstić information content (AvgIpc) is 3.21. The van der Waals surface area contributed by atoms with E-state index in [1.54, 1.807) is 28.8 Å². The lowest BCUT2D eigenvalue weighted by Gasteiger charge is -2.31. The third-order valence-corrected chi connectivity index (χ3v) is 5.43. The summed E-state index contributed by atoms with van der Waals surface area (Å²) in [7, 11) is 3.43. The summed E-state index contributed by atoms with van der Waals surface area (Å²) in [4.78, 5) is 27.5. The standard InChI is InChI=1S/C24H26N4O4/c1-27-13-18-14-28(22(29)16-32-20-6-4-3-5-7-20)15-21(23(18)26-27)24(30)25-12-17-8-10-19(31-2)11-9-17/h3-11,13,21H,12,14-16H2,1-2H3,(H,25,30)/t21-/m1/s1. The number of amides is 2. The van der Waals surface area contributed by atoms with Crippen molar-refractivity contribution in [1.29, 1.82) is 0 Å². The first-order valence-corrected chi connectivity index (χ1v) is 10.4. The van der Waals surface area contributed by atoms with E-state index in [1.807, 2.05) is 55.7 Å². The van der Waals surface area contributed by atoms with Crippen LogP contribution in [0, 0.1) is 0 Å². The number of nitrogens with zero attached hydrogens (tertiary/aromatic N) is 3. The fourth-order valence-electron chi connectivity index (χ4n) is 3.75. The number of fused-ring (bicyclic) bond motifs is 1. The average molecular weight is 434 g/mol.